The molecule has 0 atom stereocenters. The zero-order valence-electron chi connectivity index (χ0n) is 13.0. The number of pyridine rings is 1. The van der Waals surface area contributed by atoms with Gasteiger partial charge in [-0.05, 0) is 24.3 Å². The predicted octanol–water partition coefficient (Wildman–Crippen LogP) is 2.20. The van der Waals surface area contributed by atoms with E-state index in [-0.39, 0.29) is 12.6 Å². The summed E-state index contributed by atoms with van der Waals surface area (Å²) in [7, 11) is 1.55. The number of carbonyl (C=O) groups is 1. The van der Waals surface area contributed by atoms with Gasteiger partial charge in [-0.1, -0.05) is 12.1 Å². The third-order valence-corrected chi connectivity index (χ3v) is 3.24. The van der Waals surface area contributed by atoms with E-state index < -0.39 is 0 Å². The Balaban J connectivity index is 1.58. The molecule has 2 heterocycles. The van der Waals surface area contributed by atoms with Gasteiger partial charge in [0.25, 0.3) is 0 Å². The first-order chi connectivity index (χ1) is 11.8. The molecule has 0 fully saturated rings. The molecule has 2 aromatic heterocycles. The highest BCUT2D eigenvalue weighted by Gasteiger charge is 2.09. The van der Waals surface area contributed by atoms with Crippen LogP contribution in [-0.2, 0) is 6.54 Å². The van der Waals surface area contributed by atoms with Crippen molar-refractivity contribution in [2.75, 3.05) is 12.4 Å². The van der Waals surface area contributed by atoms with Crippen molar-refractivity contribution < 1.29 is 9.53 Å². The van der Waals surface area contributed by atoms with Gasteiger partial charge in [-0.15, -0.1) is 0 Å². The fourth-order valence-electron chi connectivity index (χ4n) is 2.08. The fraction of sp³-hybridized carbons (Fsp3) is 0.125. The van der Waals surface area contributed by atoms with Crippen LogP contribution in [0, 0.1) is 0 Å². The van der Waals surface area contributed by atoms with E-state index in [0.717, 1.165) is 5.56 Å². The molecule has 0 spiro atoms. The summed E-state index contributed by atoms with van der Waals surface area (Å²) in [4.78, 5) is 20.3. The monoisotopic (exact) mass is 324 g/mol. The van der Waals surface area contributed by atoms with Crippen LogP contribution in [0.5, 0.6) is 5.75 Å². The molecule has 2 amide bonds. The van der Waals surface area contributed by atoms with Gasteiger partial charge < -0.3 is 15.4 Å². The Hall–Kier alpha value is -3.42. The molecule has 0 saturated carbocycles. The second-order valence-electron chi connectivity index (χ2n) is 4.85. The summed E-state index contributed by atoms with van der Waals surface area (Å²) in [6.45, 7) is 0.221. The average Bonchev–Trinajstić information content (AvgIpc) is 3.10. The van der Waals surface area contributed by atoms with Gasteiger partial charge in [0.15, 0.2) is 5.82 Å². The number of anilines is 1. The lowest BCUT2D eigenvalue weighted by atomic mass is 10.2. The zero-order chi connectivity index (χ0) is 16.8. The maximum Gasteiger partial charge on any atom is 0.319 e. The number of hydrogen-bond acceptors (Lipinski definition) is 5. The third-order valence-electron chi connectivity index (χ3n) is 3.24. The number of rotatable bonds is 5. The Morgan fingerprint density at radius 1 is 1.21 bits per heavy atom. The molecule has 3 N–H and O–H groups in total. The lowest BCUT2D eigenvalue weighted by Crippen LogP contribution is -2.28. The minimum Gasteiger partial charge on any atom is -0.495 e. The van der Waals surface area contributed by atoms with E-state index in [2.05, 4.69) is 30.8 Å². The Bertz CT molecular complexity index is 818. The van der Waals surface area contributed by atoms with E-state index in [1.165, 1.54) is 0 Å². The highest BCUT2D eigenvalue weighted by atomic mass is 16.5. The summed E-state index contributed by atoms with van der Waals surface area (Å²) in [5.74, 6) is 1.70. The van der Waals surface area contributed by atoms with Crippen molar-refractivity contribution >= 4 is 11.7 Å². The van der Waals surface area contributed by atoms with Crippen LogP contribution in [0.25, 0.3) is 11.4 Å². The maximum absolute atomic E-state index is 12.0. The SMILES string of the molecule is COc1ccccc1NC(=O)NCc1nc(-c2ccncc2)n[nH]1. The zero-order valence-corrected chi connectivity index (χ0v) is 13.0. The average molecular weight is 324 g/mol. The Morgan fingerprint density at radius 2 is 2.00 bits per heavy atom. The van der Waals surface area contributed by atoms with E-state index in [1.807, 2.05) is 24.3 Å². The summed E-state index contributed by atoms with van der Waals surface area (Å²) < 4.78 is 5.19. The number of para-hydroxylation sites is 2. The smallest absolute Gasteiger partial charge is 0.319 e. The molecule has 0 unspecified atom stereocenters. The molecule has 0 bridgehead atoms. The Kier molecular flexibility index (Phi) is 4.66. The van der Waals surface area contributed by atoms with Crippen LogP contribution in [0.15, 0.2) is 48.8 Å². The summed E-state index contributed by atoms with van der Waals surface area (Å²) in [5, 5.41) is 12.4. The van der Waals surface area contributed by atoms with E-state index in [1.54, 1.807) is 31.6 Å². The van der Waals surface area contributed by atoms with E-state index in [0.29, 0.717) is 23.1 Å². The first-order valence-corrected chi connectivity index (χ1v) is 7.26. The van der Waals surface area contributed by atoms with Gasteiger partial charge in [0.2, 0.25) is 0 Å². The van der Waals surface area contributed by atoms with E-state index >= 15 is 0 Å². The number of hydrogen-bond donors (Lipinski definition) is 3. The van der Waals surface area contributed by atoms with Gasteiger partial charge in [0, 0.05) is 18.0 Å². The third kappa shape index (κ3) is 3.67. The molecule has 0 radical (unpaired) electrons. The van der Waals surface area contributed by atoms with Crippen LogP contribution in [0.3, 0.4) is 0 Å². The molecule has 8 nitrogen and oxygen atoms in total. The quantitative estimate of drug-likeness (QED) is 0.667. The topological polar surface area (TPSA) is 105 Å². The summed E-state index contributed by atoms with van der Waals surface area (Å²) >= 11 is 0. The molecule has 24 heavy (non-hydrogen) atoms. The van der Waals surface area contributed by atoms with Crippen molar-refractivity contribution in [3.8, 4) is 17.1 Å². The lowest BCUT2D eigenvalue weighted by molar-refractivity contribution is 0.251. The van der Waals surface area contributed by atoms with E-state index in [4.69, 9.17) is 4.74 Å². The molecule has 1 aromatic carbocycles. The van der Waals surface area contributed by atoms with Crippen molar-refractivity contribution in [1.82, 2.24) is 25.5 Å². The molecule has 122 valence electrons. The number of nitrogens with one attached hydrogen (secondary N) is 3. The predicted molar refractivity (Wildman–Crippen MR) is 88.5 cm³/mol. The summed E-state index contributed by atoms with van der Waals surface area (Å²) in [6.07, 6.45) is 3.34. The number of benzene rings is 1. The number of H-pyrrole nitrogens is 1. The number of aromatic amines is 1. The van der Waals surface area contributed by atoms with Gasteiger partial charge in [-0.2, -0.15) is 5.10 Å². The highest BCUT2D eigenvalue weighted by Crippen LogP contribution is 2.22. The van der Waals surface area contributed by atoms with Gasteiger partial charge in [0.1, 0.15) is 11.6 Å². The van der Waals surface area contributed by atoms with Crippen molar-refractivity contribution in [3.05, 3.63) is 54.6 Å². The molecule has 3 aromatic rings. The second-order valence-corrected chi connectivity index (χ2v) is 4.85. The molecule has 8 heteroatoms. The number of nitrogens with zero attached hydrogens (tertiary/aromatic N) is 3. The number of aromatic nitrogens is 4. The van der Waals surface area contributed by atoms with Crippen molar-refractivity contribution in [3.63, 3.8) is 0 Å². The second kappa shape index (κ2) is 7.23. The van der Waals surface area contributed by atoms with Crippen LogP contribution in [0.4, 0.5) is 10.5 Å². The minimum atomic E-state index is -0.360. The van der Waals surface area contributed by atoms with Crippen LogP contribution in [0.1, 0.15) is 5.82 Å². The summed E-state index contributed by atoms with van der Waals surface area (Å²) in [6, 6.07) is 10.4. The first kappa shape index (κ1) is 15.5. The molecule has 0 aliphatic carbocycles. The van der Waals surface area contributed by atoms with Crippen LogP contribution in [-0.4, -0.2) is 33.3 Å². The van der Waals surface area contributed by atoms with Gasteiger partial charge >= 0.3 is 6.03 Å². The Morgan fingerprint density at radius 3 is 2.79 bits per heavy atom. The van der Waals surface area contributed by atoms with Crippen LogP contribution >= 0.6 is 0 Å². The van der Waals surface area contributed by atoms with Gasteiger partial charge in [-0.25, -0.2) is 9.78 Å². The highest BCUT2D eigenvalue weighted by molar-refractivity contribution is 5.90. The van der Waals surface area contributed by atoms with Crippen molar-refractivity contribution in [2.45, 2.75) is 6.54 Å². The fourth-order valence-corrected chi connectivity index (χ4v) is 2.08. The van der Waals surface area contributed by atoms with Crippen LogP contribution < -0.4 is 15.4 Å². The molecule has 0 aliphatic rings. The maximum atomic E-state index is 12.0. The first-order valence-electron chi connectivity index (χ1n) is 7.26. The standard InChI is InChI=1S/C16H16N6O2/c1-24-13-5-3-2-4-12(13)19-16(23)18-10-14-20-15(22-21-14)11-6-8-17-9-7-11/h2-9H,10H2,1H3,(H2,18,19,23)(H,20,21,22). The molecule has 0 aliphatic heterocycles. The molecular weight excluding hydrogens is 308 g/mol. The number of amides is 2. The van der Waals surface area contributed by atoms with Gasteiger partial charge in [-0.3, -0.25) is 10.1 Å². The molecule has 3 rings (SSSR count). The van der Waals surface area contributed by atoms with Crippen molar-refractivity contribution in [2.24, 2.45) is 0 Å². The lowest BCUT2D eigenvalue weighted by Gasteiger charge is -2.10. The van der Waals surface area contributed by atoms with E-state index in [9.17, 15) is 4.79 Å². The van der Waals surface area contributed by atoms with Gasteiger partial charge in [0.05, 0.1) is 19.3 Å². The van der Waals surface area contributed by atoms with Crippen molar-refractivity contribution in [1.29, 1.82) is 0 Å². The minimum absolute atomic E-state index is 0.221. The largest absolute Gasteiger partial charge is 0.495 e. The Labute approximate surface area is 138 Å². The number of urea groups is 1. The van der Waals surface area contributed by atoms with Crippen LogP contribution in [0.2, 0.25) is 0 Å². The molecule has 0 saturated heterocycles. The summed E-state index contributed by atoms with van der Waals surface area (Å²) in [5.41, 5.74) is 1.44. The number of ether oxygens (including phenoxy) is 1. The molecular formula is C16H16N6O2. The number of carbonyl (C=O) groups excluding carboxylic acids is 1. The number of methoxy groups -OCH3 is 1. The normalized spacial score (nSPS) is 10.2.